The first-order valence-electron chi connectivity index (χ1n) is 8.91. The minimum Gasteiger partial charge on any atom is -0.550 e. The van der Waals surface area contributed by atoms with Crippen LogP contribution in [-0.2, 0) is 16.0 Å². The Kier molecular flexibility index (Phi) is 10.1. The number of rotatable bonds is 13. The van der Waals surface area contributed by atoms with Crippen molar-refractivity contribution in [3.8, 4) is 11.5 Å². The number of hydrogen-bond donors (Lipinski definition) is 1. The van der Waals surface area contributed by atoms with Gasteiger partial charge in [-0.05, 0) is 43.9 Å². The second-order valence-corrected chi connectivity index (χ2v) is 5.74. The zero-order chi connectivity index (χ0) is 18.5. The molecule has 0 aromatic heterocycles. The number of amides is 1. The average Bonchev–Trinajstić information content (AvgIpc) is 2.58. The fourth-order valence-electron chi connectivity index (χ4n) is 2.28. The minimum atomic E-state index is -1.22. The zero-order valence-corrected chi connectivity index (χ0v) is 15.1. The molecule has 0 aliphatic heterocycles. The van der Waals surface area contributed by atoms with Crippen molar-refractivity contribution in [2.75, 3.05) is 19.8 Å². The number of unbranched alkanes of at least 4 members (excludes halogenated alkanes) is 2. The maximum atomic E-state index is 11.5. The summed E-state index contributed by atoms with van der Waals surface area (Å²) in [6.45, 7) is 5.73. The van der Waals surface area contributed by atoms with E-state index in [2.05, 4.69) is 12.2 Å². The number of carboxylic acids is 1. The fraction of sp³-hybridized carbons (Fsp3) is 0.579. The molecule has 0 heterocycles. The number of carbonyl (C=O) groups excluding carboxylic acids is 2. The zero-order valence-electron chi connectivity index (χ0n) is 15.1. The lowest BCUT2D eigenvalue weighted by Crippen LogP contribution is -2.29. The maximum absolute atomic E-state index is 11.5. The predicted molar refractivity (Wildman–Crippen MR) is 93.6 cm³/mol. The van der Waals surface area contributed by atoms with Crippen molar-refractivity contribution in [2.45, 2.75) is 52.4 Å². The molecule has 0 aliphatic carbocycles. The third kappa shape index (κ3) is 8.98. The predicted octanol–water partition coefficient (Wildman–Crippen LogP) is 1.84. The van der Waals surface area contributed by atoms with Gasteiger partial charge in [-0.3, -0.25) is 4.79 Å². The Labute approximate surface area is 149 Å². The summed E-state index contributed by atoms with van der Waals surface area (Å²) >= 11 is 0. The van der Waals surface area contributed by atoms with E-state index in [9.17, 15) is 14.7 Å². The topological polar surface area (TPSA) is 87.7 Å². The summed E-state index contributed by atoms with van der Waals surface area (Å²) in [4.78, 5) is 21.8. The van der Waals surface area contributed by atoms with Crippen molar-refractivity contribution in [3.05, 3.63) is 23.8 Å². The highest BCUT2D eigenvalue weighted by molar-refractivity contribution is 5.79. The van der Waals surface area contributed by atoms with Gasteiger partial charge in [-0.15, -0.1) is 0 Å². The Hall–Kier alpha value is -2.24. The summed E-state index contributed by atoms with van der Waals surface area (Å²) in [6.07, 6.45) is 3.62. The van der Waals surface area contributed by atoms with Crippen LogP contribution in [0.15, 0.2) is 18.2 Å². The first kappa shape index (κ1) is 20.8. The van der Waals surface area contributed by atoms with Crippen LogP contribution < -0.4 is 19.9 Å². The van der Waals surface area contributed by atoms with Gasteiger partial charge in [0.1, 0.15) is 0 Å². The van der Waals surface area contributed by atoms with Crippen molar-refractivity contribution < 1.29 is 24.2 Å². The molecule has 140 valence electrons. The Morgan fingerprint density at radius 3 is 2.56 bits per heavy atom. The lowest BCUT2D eigenvalue weighted by molar-refractivity contribution is -0.305. The molecular weight excluding hydrogens is 322 g/mol. The second kappa shape index (κ2) is 12.2. The molecule has 1 rings (SSSR count). The summed E-state index contributed by atoms with van der Waals surface area (Å²) < 4.78 is 11.4. The summed E-state index contributed by atoms with van der Waals surface area (Å²) in [5, 5.41) is 13.0. The summed E-state index contributed by atoms with van der Waals surface area (Å²) in [5.74, 6) is -0.0596. The molecule has 1 amide bonds. The molecule has 25 heavy (non-hydrogen) atoms. The molecule has 0 bridgehead atoms. The van der Waals surface area contributed by atoms with Crippen LogP contribution in [0.25, 0.3) is 0 Å². The highest BCUT2D eigenvalue weighted by Crippen LogP contribution is 2.29. The SMILES string of the molecule is CCCCCOc1ccc(CCNC(=O)CCC(=O)[O-])cc1OCC. The monoisotopic (exact) mass is 350 g/mol. The number of carbonyl (C=O) groups is 2. The van der Waals surface area contributed by atoms with Gasteiger partial charge in [0.25, 0.3) is 0 Å². The van der Waals surface area contributed by atoms with Crippen LogP contribution in [0.3, 0.4) is 0 Å². The summed E-state index contributed by atoms with van der Waals surface area (Å²) in [7, 11) is 0. The summed E-state index contributed by atoms with van der Waals surface area (Å²) in [5.41, 5.74) is 1.02. The molecule has 0 saturated carbocycles. The number of carboxylic acid groups (broad SMARTS) is 1. The van der Waals surface area contributed by atoms with Crippen molar-refractivity contribution in [2.24, 2.45) is 0 Å². The molecule has 0 radical (unpaired) electrons. The lowest BCUT2D eigenvalue weighted by atomic mass is 10.1. The lowest BCUT2D eigenvalue weighted by Gasteiger charge is -2.13. The van der Waals surface area contributed by atoms with E-state index in [1.165, 1.54) is 0 Å². The van der Waals surface area contributed by atoms with E-state index in [-0.39, 0.29) is 18.7 Å². The van der Waals surface area contributed by atoms with Gasteiger partial charge in [-0.1, -0.05) is 25.8 Å². The molecule has 0 fully saturated rings. The highest BCUT2D eigenvalue weighted by atomic mass is 16.5. The third-order valence-corrected chi connectivity index (χ3v) is 3.61. The van der Waals surface area contributed by atoms with Gasteiger partial charge in [0, 0.05) is 18.9 Å². The van der Waals surface area contributed by atoms with Gasteiger partial charge in [-0.25, -0.2) is 0 Å². The molecule has 0 saturated heterocycles. The van der Waals surface area contributed by atoms with Crippen molar-refractivity contribution in [1.29, 1.82) is 0 Å². The van der Waals surface area contributed by atoms with Gasteiger partial charge < -0.3 is 24.7 Å². The Balaban J connectivity index is 2.50. The third-order valence-electron chi connectivity index (χ3n) is 3.61. The molecule has 1 N–H and O–H groups in total. The highest BCUT2D eigenvalue weighted by Gasteiger charge is 2.07. The first-order chi connectivity index (χ1) is 12.1. The van der Waals surface area contributed by atoms with Crippen LogP contribution in [-0.4, -0.2) is 31.6 Å². The van der Waals surface area contributed by atoms with Crippen molar-refractivity contribution in [3.63, 3.8) is 0 Å². The van der Waals surface area contributed by atoms with Gasteiger partial charge in [-0.2, -0.15) is 0 Å². The van der Waals surface area contributed by atoms with Gasteiger partial charge in [0.2, 0.25) is 5.91 Å². The van der Waals surface area contributed by atoms with E-state index in [1.807, 2.05) is 25.1 Å². The van der Waals surface area contributed by atoms with Crippen molar-refractivity contribution >= 4 is 11.9 Å². The Bertz CT molecular complexity index is 545. The van der Waals surface area contributed by atoms with Crippen LogP contribution >= 0.6 is 0 Å². The van der Waals surface area contributed by atoms with Crippen LogP contribution in [0.5, 0.6) is 11.5 Å². The van der Waals surface area contributed by atoms with E-state index in [0.29, 0.717) is 31.9 Å². The van der Waals surface area contributed by atoms with E-state index in [1.54, 1.807) is 0 Å². The van der Waals surface area contributed by atoms with Crippen LogP contribution in [0, 0.1) is 0 Å². The quantitative estimate of drug-likeness (QED) is 0.549. The van der Waals surface area contributed by atoms with Gasteiger partial charge in [0.05, 0.1) is 13.2 Å². The van der Waals surface area contributed by atoms with E-state index < -0.39 is 5.97 Å². The Morgan fingerprint density at radius 2 is 1.88 bits per heavy atom. The summed E-state index contributed by atoms with van der Waals surface area (Å²) in [6, 6.07) is 5.77. The standard InChI is InChI=1S/C19H29NO5/c1-3-5-6-13-25-16-8-7-15(14-17(16)24-4-2)11-12-20-18(21)9-10-19(22)23/h7-8,14H,3-6,9-13H2,1-2H3,(H,20,21)(H,22,23)/p-1. The van der Waals surface area contributed by atoms with Crippen LogP contribution in [0.2, 0.25) is 0 Å². The number of nitrogens with one attached hydrogen (secondary N) is 1. The van der Waals surface area contributed by atoms with Crippen LogP contribution in [0.1, 0.15) is 51.5 Å². The average molecular weight is 350 g/mol. The second-order valence-electron chi connectivity index (χ2n) is 5.74. The number of hydrogen-bond acceptors (Lipinski definition) is 5. The molecule has 1 aromatic rings. The maximum Gasteiger partial charge on any atom is 0.220 e. The molecule has 6 heteroatoms. The number of aliphatic carboxylic acids is 1. The molecule has 0 atom stereocenters. The molecule has 0 unspecified atom stereocenters. The molecular formula is C19H28NO5-. The Morgan fingerprint density at radius 1 is 1.08 bits per heavy atom. The molecule has 6 nitrogen and oxygen atoms in total. The van der Waals surface area contributed by atoms with E-state index in [0.717, 1.165) is 30.6 Å². The largest absolute Gasteiger partial charge is 0.550 e. The fourth-order valence-corrected chi connectivity index (χ4v) is 2.28. The molecule has 0 aliphatic rings. The number of benzene rings is 1. The smallest absolute Gasteiger partial charge is 0.220 e. The van der Waals surface area contributed by atoms with Crippen LogP contribution in [0.4, 0.5) is 0 Å². The molecule has 1 aromatic carbocycles. The normalized spacial score (nSPS) is 10.3. The first-order valence-corrected chi connectivity index (χ1v) is 8.91. The molecule has 0 spiro atoms. The minimum absolute atomic E-state index is 0.0585. The van der Waals surface area contributed by atoms with Crippen molar-refractivity contribution in [1.82, 2.24) is 5.32 Å². The number of ether oxygens (including phenoxy) is 2. The van der Waals surface area contributed by atoms with Gasteiger partial charge in [0.15, 0.2) is 11.5 Å². The van der Waals surface area contributed by atoms with Gasteiger partial charge >= 0.3 is 0 Å². The van der Waals surface area contributed by atoms with E-state index >= 15 is 0 Å². The van der Waals surface area contributed by atoms with E-state index in [4.69, 9.17) is 9.47 Å².